The van der Waals surface area contributed by atoms with Crippen LogP contribution in [0, 0.1) is 10.8 Å². The fraction of sp³-hybridized carbons (Fsp3) is 1.00. The maximum Gasteiger partial charge on any atom is 0.0593 e. The van der Waals surface area contributed by atoms with Crippen LogP contribution in [0.4, 0.5) is 0 Å². The van der Waals surface area contributed by atoms with Crippen LogP contribution < -0.4 is 0 Å². The van der Waals surface area contributed by atoms with Gasteiger partial charge in [-0.2, -0.15) is 0 Å². The number of ether oxygens (including phenoxy) is 1. The van der Waals surface area contributed by atoms with Crippen LogP contribution in [0.1, 0.15) is 34.1 Å². The van der Waals surface area contributed by atoms with E-state index in [4.69, 9.17) is 4.74 Å². The molecule has 0 aliphatic carbocycles. The maximum absolute atomic E-state index is 5.76. The summed E-state index contributed by atoms with van der Waals surface area (Å²) in [5.41, 5.74) is 0.638. The zero-order valence-corrected chi connectivity index (χ0v) is 10.4. The molecule has 14 heavy (non-hydrogen) atoms. The molecule has 0 aromatic carbocycles. The van der Waals surface area contributed by atoms with Crippen molar-refractivity contribution >= 4 is 0 Å². The quantitative estimate of drug-likeness (QED) is 0.643. The van der Waals surface area contributed by atoms with Gasteiger partial charge in [0.15, 0.2) is 0 Å². The van der Waals surface area contributed by atoms with E-state index in [-0.39, 0.29) is 0 Å². The highest BCUT2D eigenvalue weighted by Gasteiger charge is 2.42. The summed E-state index contributed by atoms with van der Waals surface area (Å²) in [7, 11) is 2.20. The average molecular weight is 199 g/mol. The average Bonchev–Trinajstić information content (AvgIpc) is 2.26. The molecule has 1 heterocycles. The molecule has 1 aliphatic rings. The van der Waals surface area contributed by atoms with Crippen LogP contribution in [-0.4, -0.2) is 38.3 Å². The van der Waals surface area contributed by atoms with Gasteiger partial charge in [0, 0.05) is 18.5 Å². The standard InChI is InChI=1S/C12H25NO/c1-6-12(11(2,3)4)9-13(5)7-8-14-10-12/h6-10H2,1-5H3. The van der Waals surface area contributed by atoms with Crippen LogP contribution in [0.25, 0.3) is 0 Å². The minimum atomic E-state index is 0.318. The Bertz CT molecular complexity index is 185. The van der Waals surface area contributed by atoms with E-state index in [0.29, 0.717) is 10.8 Å². The Morgan fingerprint density at radius 2 is 2.00 bits per heavy atom. The van der Waals surface area contributed by atoms with Crippen molar-refractivity contribution < 1.29 is 4.74 Å². The lowest BCUT2D eigenvalue weighted by Gasteiger charge is -2.44. The molecule has 84 valence electrons. The van der Waals surface area contributed by atoms with Gasteiger partial charge in [0.2, 0.25) is 0 Å². The number of nitrogens with zero attached hydrogens (tertiary/aromatic N) is 1. The molecule has 0 aromatic heterocycles. The van der Waals surface area contributed by atoms with Gasteiger partial charge < -0.3 is 9.64 Å². The number of rotatable bonds is 1. The van der Waals surface area contributed by atoms with Crippen LogP contribution in [-0.2, 0) is 4.74 Å². The van der Waals surface area contributed by atoms with Crippen molar-refractivity contribution in [3.63, 3.8) is 0 Å². The van der Waals surface area contributed by atoms with Gasteiger partial charge in [-0.3, -0.25) is 0 Å². The van der Waals surface area contributed by atoms with Crippen LogP contribution in [0.3, 0.4) is 0 Å². The lowest BCUT2D eigenvalue weighted by Crippen LogP contribution is -2.45. The largest absolute Gasteiger partial charge is 0.379 e. The maximum atomic E-state index is 5.76. The first kappa shape index (κ1) is 12.0. The Morgan fingerprint density at radius 3 is 2.50 bits per heavy atom. The molecule has 2 heteroatoms. The Morgan fingerprint density at radius 1 is 1.36 bits per heavy atom. The van der Waals surface area contributed by atoms with Crippen molar-refractivity contribution in [1.82, 2.24) is 4.90 Å². The van der Waals surface area contributed by atoms with Crippen molar-refractivity contribution in [2.24, 2.45) is 10.8 Å². The minimum Gasteiger partial charge on any atom is -0.379 e. The molecular formula is C12H25NO. The van der Waals surface area contributed by atoms with Gasteiger partial charge in [-0.15, -0.1) is 0 Å². The van der Waals surface area contributed by atoms with Gasteiger partial charge in [-0.25, -0.2) is 0 Å². The van der Waals surface area contributed by atoms with E-state index >= 15 is 0 Å². The van der Waals surface area contributed by atoms with Gasteiger partial charge in [0.25, 0.3) is 0 Å². The van der Waals surface area contributed by atoms with Crippen molar-refractivity contribution in [3.05, 3.63) is 0 Å². The molecule has 0 saturated carbocycles. The number of hydrogen-bond acceptors (Lipinski definition) is 2. The van der Waals surface area contributed by atoms with E-state index in [1.54, 1.807) is 0 Å². The molecule has 0 amide bonds. The molecular weight excluding hydrogens is 174 g/mol. The van der Waals surface area contributed by atoms with Gasteiger partial charge in [-0.1, -0.05) is 27.7 Å². The van der Waals surface area contributed by atoms with Gasteiger partial charge in [0.05, 0.1) is 13.2 Å². The fourth-order valence-corrected chi connectivity index (χ4v) is 2.33. The third-order valence-corrected chi connectivity index (χ3v) is 3.84. The Balaban J connectivity index is 2.85. The summed E-state index contributed by atoms with van der Waals surface area (Å²) in [6, 6.07) is 0. The van der Waals surface area contributed by atoms with Crippen LogP contribution >= 0.6 is 0 Å². The number of hydrogen-bond donors (Lipinski definition) is 0. The second-order valence-corrected chi connectivity index (χ2v) is 5.67. The molecule has 1 atom stereocenters. The van der Waals surface area contributed by atoms with Crippen LogP contribution in [0.15, 0.2) is 0 Å². The summed E-state index contributed by atoms with van der Waals surface area (Å²) in [6.45, 7) is 13.3. The summed E-state index contributed by atoms with van der Waals surface area (Å²) in [5.74, 6) is 0. The van der Waals surface area contributed by atoms with Gasteiger partial charge >= 0.3 is 0 Å². The van der Waals surface area contributed by atoms with E-state index in [1.165, 1.54) is 6.42 Å². The first-order valence-electron chi connectivity index (χ1n) is 5.67. The summed E-state index contributed by atoms with van der Waals surface area (Å²) >= 11 is 0. The highest BCUT2D eigenvalue weighted by atomic mass is 16.5. The molecule has 1 rings (SSSR count). The third kappa shape index (κ3) is 2.29. The molecule has 2 nitrogen and oxygen atoms in total. The first-order chi connectivity index (χ1) is 6.41. The monoisotopic (exact) mass is 199 g/mol. The van der Waals surface area contributed by atoms with Gasteiger partial charge in [0.1, 0.15) is 0 Å². The summed E-state index contributed by atoms with van der Waals surface area (Å²) < 4.78 is 5.76. The van der Waals surface area contributed by atoms with Crippen molar-refractivity contribution in [1.29, 1.82) is 0 Å². The molecule has 1 aliphatic heterocycles. The first-order valence-corrected chi connectivity index (χ1v) is 5.67. The molecule has 0 aromatic rings. The SMILES string of the molecule is CCC1(C(C)(C)C)COCCN(C)C1. The van der Waals surface area contributed by atoms with Crippen LogP contribution in [0.2, 0.25) is 0 Å². The predicted molar refractivity (Wildman–Crippen MR) is 60.5 cm³/mol. The molecule has 0 spiro atoms. The topological polar surface area (TPSA) is 12.5 Å². The normalized spacial score (nSPS) is 31.5. The Labute approximate surface area is 88.6 Å². The van der Waals surface area contributed by atoms with Crippen molar-refractivity contribution in [3.8, 4) is 0 Å². The van der Waals surface area contributed by atoms with E-state index < -0.39 is 0 Å². The molecule has 0 N–H and O–H groups in total. The predicted octanol–water partition coefficient (Wildman–Crippen LogP) is 2.39. The minimum absolute atomic E-state index is 0.318. The Kier molecular flexibility index (Phi) is 3.59. The smallest absolute Gasteiger partial charge is 0.0593 e. The highest BCUT2D eigenvalue weighted by Crippen LogP contribution is 2.43. The zero-order chi connectivity index (χ0) is 10.8. The highest BCUT2D eigenvalue weighted by molar-refractivity contribution is 4.92. The molecule has 1 fully saturated rings. The molecule has 0 bridgehead atoms. The fourth-order valence-electron chi connectivity index (χ4n) is 2.33. The summed E-state index contributed by atoms with van der Waals surface area (Å²) in [4.78, 5) is 2.40. The zero-order valence-electron chi connectivity index (χ0n) is 10.4. The van der Waals surface area contributed by atoms with Crippen LogP contribution in [0.5, 0.6) is 0 Å². The van der Waals surface area contributed by atoms with E-state index in [1.807, 2.05) is 0 Å². The summed E-state index contributed by atoms with van der Waals surface area (Å²) in [5, 5.41) is 0. The third-order valence-electron chi connectivity index (χ3n) is 3.84. The van der Waals surface area contributed by atoms with E-state index in [0.717, 1.165) is 26.3 Å². The number of likely N-dealkylation sites (N-methyl/N-ethyl adjacent to an activating group) is 1. The molecule has 0 radical (unpaired) electrons. The van der Waals surface area contributed by atoms with Gasteiger partial charge in [-0.05, 0) is 18.9 Å². The summed E-state index contributed by atoms with van der Waals surface area (Å²) in [6.07, 6.45) is 1.20. The second-order valence-electron chi connectivity index (χ2n) is 5.67. The lowest BCUT2D eigenvalue weighted by molar-refractivity contribution is -0.0146. The van der Waals surface area contributed by atoms with Crippen molar-refractivity contribution in [2.75, 3.05) is 33.4 Å². The Hall–Kier alpha value is -0.0800. The van der Waals surface area contributed by atoms with E-state index in [9.17, 15) is 0 Å². The van der Waals surface area contributed by atoms with Crippen molar-refractivity contribution in [2.45, 2.75) is 34.1 Å². The van der Waals surface area contributed by atoms with E-state index in [2.05, 4.69) is 39.6 Å². The lowest BCUT2D eigenvalue weighted by atomic mass is 9.65. The second kappa shape index (κ2) is 4.19. The molecule has 1 unspecified atom stereocenters. The molecule has 1 saturated heterocycles.